The van der Waals surface area contributed by atoms with E-state index in [1.807, 2.05) is 0 Å². The second kappa shape index (κ2) is 3.58. The molecule has 1 aliphatic carbocycles. The average Bonchev–Trinajstić information content (AvgIpc) is 2.14. The fourth-order valence-electron chi connectivity index (χ4n) is 1.50. The van der Waals surface area contributed by atoms with Crippen molar-refractivity contribution in [1.29, 1.82) is 0 Å². The molecule has 0 saturated heterocycles. The summed E-state index contributed by atoms with van der Waals surface area (Å²) in [7, 11) is 0. The van der Waals surface area contributed by atoms with E-state index in [0.29, 0.717) is 0 Å². The van der Waals surface area contributed by atoms with Gasteiger partial charge in [-0.3, -0.25) is 0 Å². The van der Waals surface area contributed by atoms with E-state index >= 15 is 0 Å². The molecule has 1 aliphatic rings. The second-order valence-electron chi connectivity index (χ2n) is 3.80. The van der Waals surface area contributed by atoms with Gasteiger partial charge >= 0.3 is 0 Å². The van der Waals surface area contributed by atoms with Crippen LogP contribution in [0.1, 0.15) is 19.3 Å². The quantitative estimate of drug-likeness (QED) is 0.802. The van der Waals surface area contributed by atoms with Crippen molar-refractivity contribution < 1.29 is 14.2 Å². The maximum absolute atomic E-state index is 13.1. The van der Waals surface area contributed by atoms with Gasteiger partial charge in [-0.05, 0) is 31.4 Å². The average molecular weight is 196 g/mol. The largest absolute Gasteiger partial charge is 0.488 e. The zero-order valence-electron chi connectivity index (χ0n) is 7.87. The highest BCUT2D eigenvalue weighted by molar-refractivity contribution is 5.23. The van der Waals surface area contributed by atoms with E-state index in [1.165, 1.54) is 6.07 Å². The molecule has 1 aromatic rings. The van der Waals surface area contributed by atoms with Crippen molar-refractivity contribution in [1.82, 2.24) is 0 Å². The predicted octanol–water partition coefficient (Wildman–Crippen LogP) is 2.12. The standard InChI is InChI=1S/C11H13FO2/c12-9-4-1-2-5-10(9)14-8-11(13)6-3-7-11/h1-2,4-5,13H,3,6-8H2. The molecule has 2 nitrogen and oxygen atoms in total. The Hall–Kier alpha value is -1.09. The second-order valence-corrected chi connectivity index (χ2v) is 3.80. The fourth-order valence-corrected chi connectivity index (χ4v) is 1.50. The molecule has 1 fully saturated rings. The Balaban J connectivity index is 1.95. The van der Waals surface area contributed by atoms with Gasteiger partial charge in [-0.15, -0.1) is 0 Å². The number of benzene rings is 1. The molecule has 1 saturated carbocycles. The summed E-state index contributed by atoms with van der Waals surface area (Å²) in [6, 6.07) is 6.24. The first-order valence-electron chi connectivity index (χ1n) is 4.79. The first-order valence-corrected chi connectivity index (χ1v) is 4.79. The molecule has 0 bridgehead atoms. The SMILES string of the molecule is OC1(COc2ccccc2F)CCC1. The summed E-state index contributed by atoms with van der Waals surface area (Å²) in [5.41, 5.74) is -0.720. The van der Waals surface area contributed by atoms with Crippen LogP contribution in [0.25, 0.3) is 0 Å². The van der Waals surface area contributed by atoms with Crippen LogP contribution in [0.4, 0.5) is 4.39 Å². The van der Waals surface area contributed by atoms with Gasteiger partial charge in [-0.2, -0.15) is 0 Å². The van der Waals surface area contributed by atoms with E-state index in [2.05, 4.69) is 0 Å². The number of aliphatic hydroxyl groups is 1. The molecular formula is C11H13FO2. The third-order valence-electron chi connectivity index (χ3n) is 2.62. The highest BCUT2D eigenvalue weighted by atomic mass is 19.1. The number of hydrogen-bond donors (Lipinski definition) is 1. The third kappa shape index (κ3) is 1.87. The van der Waals surface area contributed by atoms with Gasteiger partial charge in [-0.25, -0.2) is 4.39 Å². The monoisotopic (exact) mass is 196 g/mol. The summed E-state index contributed by atoms with van der Waals surface area (Å²) >= 11 is 0. The molecule has 0 amide bonds. The number of para-hydroxylation sites is 1. The van der Waals surface area contributed by atoms with Crippen LogP contribution < -0.4 is 4.74 Å². The smallest absolute Gasteiger partial charge is 0.165 e. The van der Waals surface area contributed by atoms with E-state index in [4.69, 9.17) is 4.74 Å². The van der Waals surface area contributed by atoms with Gasteiger partial charge < -0.3 is 9.84 Å². The third-order valence-corrected chi connectivity index (χ3v) is 2.62. The molecule has 0 radical (unpaired) electrons. The van der Waals surface area contributed by atoms with Crippen LogP contribution in [0, 0.1) is 5.82 Å². The summed E-state index contributed by atoms with van der Waals surface area (Å²) in [4.78, 5) is 0. The number of halogens is 1. The zero-order valence-corrected chi connectivity index (χ0v) is 7.87. The van der Waals surface area contributed by atoms with Crippen LogP contribution >= 0.6 is 0 Å². The molecule has 2 rings (SSSR count). The number of ether oxygens (including phenoxy) is 1. The van der Waals surface area contributed by atoms with Gasteiger partial charge in [0.2, 0.25) is 0 Å². The minimum atomic E-state index is -0.720. The van der Waals surface area contributed by atoms with Crippen LogP contribution in [0.15, 0.2) is 24.3 Å². The van der Waals surface area contributed by atoms with Crippen molar-refractivity contribution in [3.63, 3.8) is 0 Å². The van der Waals surface area contributed by atoms with Crippen molar-refractivity contribution >= 4 is 0 Å². The molecule has 0 spiro atoms. The van der Waals surface area contributed by atoms with Crippen LogP contribution in [0.2, 0.25) is 0 Å². The minimum Gasteiger partial charge on any atom is -0.488 e. The summed E-state index contributed by atoms with van der Waals surface area (Å²) in [5, 5.41) is 9.71. The molecular weight excluding hydrogens is 183 g/mol. The van der Waals surface area contributed by atoms with E-state index in [9.17, 15) is 9.50 Å². The zero-order chi connectivity index (χ0) is 10.0. The van der Waals surface area contributed by atoms with Crippen LogP contribution in [-0.2, 0) is 0 Å². The lowest BCUT2D eigenvalue weighted by atomic mass is 9.81. The normalized spacial score (nSPS) is 18.7. The van der Waals surface area contributed by atoms with Crippen molar-refractivity contribution in [2.75, 3.05) is 6.61 Å². The number of hydrogen-bond acceptors (Lipinski definition) is 2. The summed E-state index contributed by atoms with van der Waals surface area (Å²) in [5.74, 6) is -0.164. The topological polar surface area (TPSA) is 29.5 Å². The van der Waals surface area contributed by atoms with E-state index < -0.39 is 5.60 Å². The molecule has 1 aromatic carbocycles. The van der Waals surface area contributed by atoms with E-state index in [0.717, 1.165) is 19.3 Å². The molecule has 1 N–H and O–H groups in total. The van der Waals surface area contributed by atoms with Gasteiger partial charge in [0.1, 0.15) is 6.61 Å². The number of rotatable bonds is 3. The molecule has 0 atom stereocenters. The molecule has 0 unspecified atom stereocenters. The Morgan fingerprint density at radius 3 is 2.64 bits per heavy atom. The van der Waals surface area contributed by atoms with Crippen molar-refractivity contribution in [2.24, 2.45) is 0 Å². The van der Waals surface area contributed by atoms with Gasteiger partial charge in [0.05, 0.1) is 5.60 Å². The highest BCUT2D eigenvalue weighted by Crippen LogP contribution is 2.32. The molecule has 76 valence electrons. The van der Waals surface area contributed by atoms with Crippen molar-refractivity contribution in [3.8, 4) is 5.75 Å². The van der Waals surface area contributed by atoms with Crippen LogP contribution in [0.5, 0.6) is 5.75 Å². The Morgan fingerprint density at radius 1 is 1.36 bits per heavy atom. The van der Waals surface area contributed by atoms with Crippen LogP contribution in [-0.4, -0.2) is 17.3 Å². The van der Waals surface area contributed by atoms with Crippen LogP contribution in [0.3, 0.4) is 0 Å². The molecule has 0 aliphatic heterocycles. The van der Waals surface area contributed by atoms with E-state index in [1.54, 1.807) is 18.2 Å². The van der Waals surface area contributed by atoms with Crippen molar-refractivity contribution in [3.05, 3.63) is 30.1 Å². The first kappa shape index (κ1) is 9.46. The lowest BCUT2D eigenvalue weighted by molar-refractivity contribution is -0.0670. The molecule has 0 aromatic heterocycles. The van der Waals surface area contributed by atoms with Gasteiger partial charge in [0.15, 0.2) is 11.6 Å². The van der Waals surface area contributed by atoms with Gasteiger partial charge in [0.25, 0.3) is 0 Å². The Labute approximate surface area is 82.3 Å². The summed E-state index contributed by atoms with van der Waals surface area (Å²) in [6.45, 7) is 0.188. The van der Waals surface area contributed by atoms with Gasteiger partial charge in [0, 0.05) is 0 Å². The predicted molar refractivity (Wildman–Crippen MR) is 50.7 cm³/mol. The molecule has 14 heavy (non-hydrogen) atoms. The lowest BCUT2D eigenvalue weighted by Crippen LogP contribution is -2.42. The summed E-state index contributed by atoms with van der Waals surface area (Å²) in [6.07, 6.45) is 2.53. The highest BCUT2D eigenvalue weighted by Gasteiger charge is 2.35. The van der Waals surface area contributed by atoms with Crippen molar-refractivity contribution in [2.45, 2.75) is 24.9 Å². The lowest BCUT2D eigenvalue weighted by Gasteiger charge is -2.35. The van der Waals surface area contributed by atoms with Gasteiger partial charge in [-0.1, -0.05) is 12.1 Å². The van der Waals surface area contributed by atoms with E-state index in [-0.39, 0.29) is 18.2 Å². The Morgan fingerprint density at radius 2 is 2.07 bits per heavy atom. The maximum Gasteiger partial charge on any atom is 0.165 e. The summed E-state index contributed by atoms with van der Waals surface area (Å²) < 4.78 is 18.3. The molecule has 3 heteroatoms. The Bertz CT molecular complexity index is 321. The first-order chi connectivity index (χ1) is 6.70. The molecule has 0 heterocycles. The maximum atomic E-state index is 13.1. The minimum absolute atomic E-state index is 0.188. The fraction of sp³-hybridized carbons (Fsp3) is 0.455. The Kier molecular flexibility index (Phi) is 2.42.